The standard InChI is InChI=1S/C16H21N3O2/c1-11-3-2-4-15-18-14(10-19(11)15)16(21)17-9-12-5-7-13(20)8-6-12/h2-4,10,12-13,20H,5-9H2,1H3,(H,17,21). The van der Waals surface area contributed by atoms with E-state index >= 15 is 0 Å². The number of imidazole rings is 1. The first-order valence-corrected chi connectivity index (χ1v) is 7.54. The number of fused-ring (bicyclic) bond motifs is 1. The zero-order valence-corrected chi connectivity index (χ0v) is 12.2. The fourth-order valence-corrected chi connectivity index (χ4v) is 2.93. The lowest BCUT2D eigenvalue weighted by atomic mass is 9.87. The van der Waals surface area contributed by atoms with Gasteiger partial charge in [-0.2, -0.15) is 0 Å². The van der Waals surface area contributed by atoms with Crippen LogP contribution in [-0.4, -0.2) is 33.0 Å². The molecular formula is C16H21N3O2. The monoisotopic (exact) mass is 287 g/mol. The first-order chi connectivity index (χ1) is 10.1. The molecule has 1 saturated carbocycles. The van der Waals surface area contributed by atoms with E-state index < -0.39 is 0 Å². The van der Waals surface area contributed by atoms with Gasteiger partial charge in [0.2, 0.25) is 0 Å². The van der Waals surface area contributed by atoms with Crippen LogP contribution in [0.3, 0.4) is 0 Å². The van der Waals surface area contributed by atoms with Crippen molar-refractivity contribution in [2.45, 2.75) is 38.7 Å². The number of nitrogens with one attached hydrogen (secondary N) is 1. The summed E-state index contributed by atoms with van der Waals surface area (Å²) in [5.74, 6) is 0.348. The second-order valence-corrected chi connectivity index (χ2v) is 5.91. The van der Waals surface area contributed by atoms with Crippen molar-refractivity contribution >= 4 is 11.6 Å². The van der Waals surface area contributed by atoms with E-state index in [9.17, 15) is 9.90 Å². The Labute approximate surface area is 124 Å². The number of hydrogen-bond acceptors (Lipinski definition) is 3. The van der Waals surface area contributed by atoms with Crippen molar-refractivity contribution in [3.63, 3.8) is 0 Å². The highest BCUT2D eigenvalue weighted by atomic mass is 16.3. The van der Waals surface area contributed by atoms with Crippen molar-refractivity contribution in [1.29, 1.82) is 0 Å². The first kappa shape index (κ1) is 14.1. The van der Waals surface area contributed by atoms with Gasteiger partial charge in [-0.3, -0.25) is 4.79 Å². The van der Waals surface area contributed by atoms with Crippen LogP contribution in [0.25, 0.3) is 5.65 Å². The molecule has 0 aromatic carbocycles. The molecule has 2 heterocycles. The minimum absolute atomic E-state index is 0.121. The molecule has 1 fully saturated rings. The Morgan fingerprint density at radius 2 is 2.14 bits per heavy atom. The molecule has 0 atom stereocenters. The largest absolute Gasteiger partial charge is 0.393 e. The van der Waals surface area contributed by atoms with Gasteiger partial charge in [0.1, 0.15) is 11.3 Å². The van der Waals surface area contributed by atoms with Crippen LogP contribution >= 0.6 is 0 Å². The summed E-state index contributed by atoms with van der Waals surface area (Å²) in [5, 5.41) is 12.5. The summed E-state index contributed by atoms with van der Waals surface area (Å²) in [6.07, 6.45) is 5.27. The number of carbonyl (C=O) groups excluding carboxylic acids is 1. The normalized spacial score (nSPS) is 22.4. The van der Waals surface area contributed by atoms with Crippen LogP contribution in [0.2, 0.25) is 0 Å². The van der Waals surface area contributed by atoms with Crippen LogP contribution in [-0.2, 0) is 0 Å². The van der Waals surface area contributed by atoms with Gasteiger partial charge in [-0.25, -0.2) is 4.98 Å². The van der Waals surface area contributed by atoms with Crippen molar-refractivity contribution in [3.8, 4) is 0 Å². The lowest BCUT2D eigenvalue weighted by Crippen LogP contribution is -2.32. The topological polar surface area (TPSA) is 66.6 Å². The van der Waals surface area contributed by atoms with Crippen LogP contribution < -0.4 is 5.32 Å². The molecule has 1 aliphatic carbocycles. The molecule has 0 saturated heterocycles. The van der Waals surface area contributed by atoms with Crippen molar-refractivity contribution in [3.05, 3.63) is 35.8 Å². The van der Waals surface area contributed by atoms with Crippen molar-refractivity contribution in [1.82, 2.24) is 14.7 Å². The van der Waals surface area contributed by atoms with Gasteiger partial charge in [-0.1, -0.05) is 6.07 Å². The van der Waals surface area contributed by atoms with Gasteiger partial charge in [0.25, 0.3) is 5.91 Å². The highest BCUT2D eigenvalue weighted by molar-refractivity contribution is 5.92. The summed E-state index contributed by atoms with van der Waals surface area (Å²) in [4.78, 5) is 16.6. The molecule has 5 heteroatoms. The molecule has 112 valence electrons. The molecule has 0 bridgehead atoms. The highest BCUT2D eigenvalue weighted by Crippen LogP contribution is 2.23. The maximum Gasteiger partial charge on any atom is 0.271 e. The number of amides is 1. The number of nitrogens with zero attached hydrogens (tertiary/aromatic N) is 2. The predicted molar refractivity (Wildman–Crippen MR) is 80.2 cm³/mol. The molecule has 1 amide bonds. The van der Waals surface area contributed by atoms with Crippen LogP contribution in [0, 0.1) is 12.8 Å². The Balaban J connectivity index is 1.63. The summed E-state index contributed by atoms with van der Waals surface area (Å²) in [5.41, 5.74) is 2.31. The van der Waals surface area contributed by atoms with Crippen molar-refractivity contribution in [2.24, 2.45) is 5.92 Å². The van der Waals surface area contributed by atoms with Crippen LogP contribution in [0.1, 0.15) is 41.9 Å². The fourth-order valence-electron chi connectivity index (χ4n) is 2.93. The van der Waals surface area contributed by atoms with E-state index in [2.05, 4.69) is 10.3 Å². The minimum Gasteiger partial charge on any atom is -0.393 e. The Bertz CT molecular complexity index is 642. The van der Waals surface area contributed by atoms with E-state index in [4.69, 9.17) is 0 Å². The van der Waals surface area contributed by atoms with Gasteiger partial charge in [-0.15, -0.1) is 0 Å². The molecule has 2 N–H and O–H groups in total. The van der Waals surface area contributed by atoms with Crippen LogP contribution in [0.5, 0.6) is 0 Å². The van der Waals surface area contributed by atoms with E-state index in [1.54, 1.807) is 6.20 Å². The average molecular weight is 287 g/mol. The highest BCUT2D eigenvalue weighted by Gasteiger charge is 2.20. The maximum absolute atomic E-state index is 12.2. The third-order valence-corrected chi connectivity index (χ3v) is 4.30. The molecule has 0 radical (unpaired) electrons. The minimum atomic E-state index is -0.154. The van der Waals surface area contributed by atoms with Gasteiger partial charge >= 0.3 is 0 Å². The number of aryl methyl sites for hydroxylation is 1. The predicted octanol–water partition coefficient (Wildman–Crippen LogP) is 1.92. The van der Waals surface area contributed by atoms with Gasteiger partial charge in [0.05, 0.1) is 6.10 Å². The fraction of sp³-hybridized carbons (Fsp3) is 0.500. The Kier molecular flexibility index (Phi) is 3.92. The Morgan fingerprint density at radius 1 is 1.38 bits per heavy atom. The van der Waals surface area contributed by atoms with Crippen LogP contribution in [0.4, 0.5) is 0 Å². The molecule has 21 heavy (non-hydrogen) atoms. The van der Waals surface area contributed by atoms with E-state index in [1.807, 2.05) is 29.5 Å². The molecule has 5 nitrogen and oxygen atoms in total. The number of aliphatic hydroxyl groups is 1. The number of carbonyl (C=O) groups is 1. The van der Waals surface area contributed by atoms with Crippen molar-refractivity contribution in [2.75, 3.05) is 6.54 Å². The number of aromatic nitrogens is 2. The van der Waals surface area contributed by atoms with E-state index in [0.29, 0.717) is 18.2 Å². The Hall–Kier alpha value is -1.88. The summed E-state index contributed by atoms with van der Waals surface area (Å²) in [6, 6.07) is 5.82. The number of hydrogen-bond donors (Lipinski definition) is 2. The molecule has 0 unspecified atom stereocenters. The number of aliphatic hydroxyl groups excluding tert-OH is 1. The summed E-state index contributed by atoms with van der Waals surface area (Å²) < 4.78 is 1.92. The van der Waals surface area contributed by atoms with Gasteiger partial charge in [-0.05, 0) is 50.7 Å². The van der Waals surface area contributed by atoms with E-state index in [1.165, 1.54) is 0 Å². The molecular weight excluding hydrogens is 266 g/mol. The molecule has 2 aromatic heterocycles. The quantitative estimate of drug-likeness (QED) is 0.906. The van der Waals surface area contributed by atoms with Gasteiger partial charge in [0.15, 0.2) is 0 Å². The molecule has 0 aliphatic heterocycles. The average Bonchev–Trinajstić information content (AvgIpc) is 2.92. The third kappa shape index (κ3) is 3.08. The zero-order chi connectivity index (χ0) is 14.8. The number of pyridine rings is 1. The summed E-state index contributed by atoms with van der Waals surface area (Å²) >= 11 is 0. The third-order valence-electron chi connectivity index (χ3n) is 4.30. The van der Waals surface area contributed by atoms with E-state index in [0.717, 1.165) is 37.0 Å². The lowest BCUT2D eigenvalue weighted by molar-refractivity contribution is 0.0906. The first-order valence-electron chi connectivity index (χ1n) is 7.54. The molecule has 3 rings (SSSR count). The van der Waals surface area contributed by atoms with E-state index in [-0.39, 0.29) is 12.0 Å². The smallest absolute Gasteiger partial charge is 0.271 e. The van der Waals surface area contributed by atoms with Gasteiger partial charge in [0, 0.05) is 18.4 Å². The molecule has 2 aromatic rings. The Morgan fingerprint density at radius 3 is 2.86 bits per heavy atom. The van der Waals surface area contributed by atoms with Gasteiger partial charge < -0.3 is 14.8 Å². The second kappa shape index (κ2) is 5.85. The second-order valence-electron chi connectivity index (χ2n) is 5.91. The number of rotatable bonds is 3. The SMILES string of the molecule is Cc1cccc2nc(C(=O)NCC3CCC(O)CC3)cn12. The van der Waals surface area contributed by atoms with Crippen LogP contribution in [0.15, 0.2) is 24.4 Å². The molecule has 0 spiro atoms. The summed E-state index contributed by atoms with van der Waals surface area (Å²) in [7, 11) is 0. The maximum atomic E-state index is 12.2. The van der Waals surface area contributed by atoms with Crippen molar-refractivity contribution < 1.29 is 9.90 Å². The molecule has 1 aliphatic rings. The zero-order valence-electron chi connectivity index (χ0n) is 12.2. The lowest BCUT2D eigenvalue weighted by Gasteiger charge is -2.25. The summed E-state index contributed by atoms with van der Waals surface area (Å²) in [6.45, 7) is 2.65.